The van der Waals surface area contributed by atoms with Crippen LogP contribution in [0, 0.1) is 59.2 Å². The van der Waals surface area contributed by atoms with Crippen molar-refractivity contribution in [3.63, 3.8) is 0 Å². The maximum atomic E-state index is 10.9. The SMILES string of the molecule is COC(=O)CCCC#CCC#CCC#CCC#CCC#CCCO. The van der Waals surface area contributed by atoms with Gasteiger partial charge in [-0.2, -0.15) is 0 Å². The topological polar surface area (TPSA) is 46.5 Å². The zero-order valence-electron chi connectivity index (χ0n) is 14.1. The third-order valence-corrected chi connectivity index (χ3v) is 2.48. The second-order valence-electron chi connectivity index (χ2n) is 4.38. The summed E-state index contributed by atoms with van der Waals surface area (Å²) in [7, 11) is 1.38. The number of carbonyl (C=O) groups is 1. The highest BCUT2D eigenvalue weighted by Gasteiger charge is 1.96. The summed E-state index contributed by atoms with van der Waals surface area (Å²) in [5.74, 6) is 28.9. The van der Waals surface area contributed by atoms with E-state index in [1.807, 2.05) is 0 Å². The second-order valence-corrected chi connectivity index (χ2v) is 4.38. The molecule has 1 N–H and O–H groups in total. The number of aliphatic hydroxyl groups excluding tert-OH is 1. The van der Waals surface area contributed by atoms with Crippen molar-refractivity contribution in [3.8, 4) is 59.2 Å². The Labute approximate surface area is 145 Å². The first-order valence-corrected chi connectivity index (χ1v) is 7.77. The first kappa shape index (κ1) is 21.2. The molecule has 0 aliphatic rings. The summed E-state index contributed by atoms with van der Waals surface area (Å²) in [6.45, 7) is 0.0912. The summed E-state index contributed by atoms with van der Waals surface area (Å²) in [5, 5.41) is 8.53. The van der Waals surface area contributed by atoms with Crippen LogP contribution in [0.4, 0.5) is 0 Å². The van der Waals surface area contributed by atoms with Gasteiger partial charge in [0, 0.05) is 19.3 Å². The molecule has 0 rings (SSSR count). The number of ether oxygens (including phenoxy) is 1. The van der Waals surface area contributed by atoms with E-state index >= 15 is 0 Å². The van der Waals surface area contributed by atoms with E-state index in [1.54, 1.807) is 0 Å². The summed E-state index contributed by atoms with van der Waals surface area (Å²) in [5.41, 5.74) is 0. The third-order valence-electron chi connectivity index (χ3n) is 2.48. The van der Waals surface area contributed by atoms with Crippen molar-refractivity contribution in [1.82, 2.24) is 0 Å². The Bertz CT molecular complexity index is 661. The van der Waals surface area contributed by atoms with Gasteiger partial charge in [-0.1, -0.05) is 53.3 Å². The smallest absolute Gasteiger partial charge is 0.305 e. The van der Waals surface area contributed by atoms with E-state index in [9.17, 15) is 4.79 Å². The van der Waals surface area contributed by atoms with E-state index in [2.05, 4.69) is 63.9 Å². The molecule has 0 heterocycles. The largest absolute Gasteiger partial charge is 0.469 e. The Hall–Kier alpha value is -2.77. The molecular weight excluding hydrogens is 300 g/mol. The van der Waals surface area contributed by atoms with Crippen molar-refractivity contribution < 1.29 is 14.6 Å². The first-order chi connectivity index (χ1) is 11.8. The summed E-state index contributed by atoms with van der Waals surface area (Å²) in [4.78, 5) is 10.9. The van der Waals surface area contributed by atoms with Gasteiger partial charge < -0.3 is 9.84 Å². The molecule has 0 amide bonds. The predicted octanol–water partition coefficient (Wildman–Crippen LogP) is 2.29. The van der Waals surface area contributed by atoms with E-state index in [1.165, 1.54) is 7.11 Å². The predicted molar refractivity (Wildman–Crippen MR) is 94.9 cm³/mol. The van der Waals surface area contributed by atoms with Gasteiger partial charge in [0.25, 0.3) is 0 Å². The van der Waals surface area contributed by atoms with Crippen LogP contribution in [0.1, 0.15) is 51.4 Å². The number of carbonyl (C=O) groups excluding carboxylic acids is 1. The fourth-order valence-electron chi connectivity index (χ4n) is 1.33. The van der Waals surface area contributed by atoms with E-state index in [0.717, 1.165) is 0 Å². The van der Waals surface area contributed by atoms with Crippen LogP contribution < -0.4 is 0 Å². The molecule has 0 spiro atoms. The van der Waals surface area contributed by atoms with Gasteiger partial charge in [-0.15, -0.1) is 5.92 Å². The van der Waals surface area contributed by atoms with Gasteiger partial charge >= 0.3 is 5.97 Å². The average molecular weight is 322 g/mol. The van der Waals surface area contributed by atoms with Crippen LogP contribution in [0.5, 0.6) is 0 Å². The van der Waals surface area contributed by atoms with Crippen LogP contribution in [-0.4, -0.2) is 24.8 Å². The molecule has 0 saturated heterocycles. The number of rotatable bonds is 4. The van der Waals surface area contributed by atoms with Crippen molar-refractivity contribution in [2.24, 2.45) is 0 Å². The van der Waals surface area contributed by atoms with Crippen LogP contribution in [0.25, 0.3) is 0 Å². The van der Waals surface area contributed by atoms with E-state index in [4.69, 9.17) is 5.11 Å². The van der Waals surface area contributed by atoms with E-state index in [-0.39, 0.29) is 12.6 Å². The van der Waals surface area contributed by atoms with Crippen molar-refractivity contribution >= 4 is 5.97 Å². The van der Waals surface area contributed by atoms with Crippen LogP contribution >= 0.6 is 0 Å². The lowest BCUT2D eigenvalue weighted by Crippen LogP contribution is -1.98. The highest BCUT2D eigenvalue weighted by atomic mass is 16.5. The van der Waals surface area contributed by atoms with Crippen LogP contribution in [0.15, 0.2) is 0 Å². The molecule has 3 nitrogen and oxygen atoms in total. The average Bonchev–Trinajstić information content (AvgIpc) is 2.60. The molecule has 24 heavy (non-hydrogen) atoms. The number of hydrogen-bond acceptors (Lipinski definition) is 3. The van der Waals surface area contributed by atoms with Gasteiger partial charge in [0.2, 0.25) is 0 Å². The molecule has 0 fully saturated rings. The minimum atomic E-state index is -0.200. The van der Waals surface area contributed by atoms with Crippen molar-refractivity contribution in [1.29, 1.82) is 0 Å². The van der Waals surface area contributed by atoms with E-state index < -0.39 is 0 Å². The maximum Gasteiger partial charge on any atom is 0.305 e. The van der Waals surface area contributed by atoms with Gasteiger partial charge in [0.1, 0.15) is 0 Å². The van der Waals surface area contributed by atoms with Gasteiger partial charge in [0.15, 0.2) is 0 Å². The fraction of sp³-hybridized carbons (Fsp3) is 0.476. The normalized spacial score (nSPS) is 7.58. The second kappa shape index (κ2) is 18.3. The molecule has 0 aliphatic heterocycles. The van der Waals surface area contributed by atoms with Crippen molar-refractivity contribution in [2.75, 3.05) is 13.7 Å². The van der Waals surface area contributed by atoms with Crippen molar-refractivity contribution in [3.05, 3.63) is 0 Å². The lowest BCUT2D eigenvalue weighted by molar-refractivity contribution is -0.140. The number of unbranched alkanes of at least 4 members (excludes halogenated alkanes) is 1. The fourth-order valence-corrected chi connectivity index (χ4v) is 1.33. The molecular formula is C21H22O3. The van der Waals surface area contributed by atoms with Gasteiger partial charge in [0.05, 0.1) is 39.4 Å². The Morgan fingerprint density at radius 1 is 0.750 bits per heavy atom. The number of aliphatic hydroxyl groups is 1. The Balaban J connectivity index is 3.68. The molecule has 0 unspecified atom stereocenters. The summed E-state index contributed by atoms with van der Waals surface area (Å²) < 4.78 is 4.54. The van der Waals surface area contributed by atoms with Crippen molar-refractivity contribution in [2.45, 2.75) is 51.4 Å². The molecule has 124 valence electrons. The molecule has 0 atom stereocenters. The summed E-state index contributed by atoms with van der Waals surface area (Å²) in [6.07, 6.45) is 4.37. The Morgan fingerprint density at radius 3 is 1.58 bits per heavy atom. The summed E-state index contributed by atoms with van der Waals surface area (Å²) >= 11 is 0. The maximum absolute atomic E-state index is 10.9. The molecule has 0 aromatic heterocycles. The minimum absolute atomic E-state index is 0.0912. The molecule has 0 radical (unpaired) electrons. The number of methoxy groups -OCH3 is 1. The van der Waals surface area contributed by atoms with Gasteiger partial charge in [-0.25, -0.2) is 0 Å². The standard InChI is InChI=1S/C21H22O3/c1-24-21(23)19-17-15-13-11-9-7-5-3-2-4-6-8-10-12-14-16-18-20-22/h22H,3,6,9,12,15,17-20H2,1H3. The first-order valence-electron chi connectivity index (χ1n) is 7.77. The molecule has 0 aromatic carbocycles. The van der Waals surface area contributed by atoms with Gasteiger partial charge in [-0.05, 0) is 6.42 Å². The van der Waals surface area contributed by atoms with Crippen LogP contribution in [0.3, 0.4) is 0 Å². The molecule has 0 aliphatic carbocycles. The quantitative estimate of drug-likeness (QED) is 0.491. The molecule has 3 heteroatoms. The zero-order chi connectivity index (χ0) is 17.7. The highest BCUT2D eigenvalue weighted by molar-refractivity contribution is 5.69. The Morgan fingerprint density at radius 2 is 1.17 bits per heavy atom. The monoisotopic (exact) mass is 322 g/mol. The zero-order valence-corrected chi connectivity index (χ0v) is 14.1. The van der Waals surface area contributed by atoms with Crippen LogP contribution in [0.2, 0.25) is 0 Å². The van der Waals surface area contributed by atoms with Gasteiger partial charge in [-0.3, -0.25) is 4.79 Å². The molecule has 0 saturated carbocycles. The highest BCUT2D eigenvalue weighted by Crippen LogP contribution is 1.95. The van der Waals surface area contributed by atoms with Crippen LogP contribution in [-0.2, 0) is 9.53 Å². The molecule has 0 aromatic rings. The molecule has 0 bridgehead atoms. The Kier molecular flexibility index (Phi) is 16.2. The lowest BCUT2D eigenvalue weighted by Gasteiger charge is -1.93. The third kappa shape index (κ3) is 17.3. The number of esters is 1. The minimum Gasteiger partial charge on any atom is -0.469 e. The summed E-state index contributed by atoms with van der Waals surface area (Å²) in [6, 6.07) is 0. The number of hydrogen-bond donors (Lipinski definition) is 1. The van der Waals surface area contributed by atoms with E-state index in [0.29, 0.717) is 51.4 Å². The lowest BCUT2D eigenvalue weighted by atomic mass is 10.2.